The first-order valence-electron chi connectivity index (χ1n) is 12.0. The lowest BCUT2D eigenvalue weighted by atomic mass is 10.1. The summed E-state index contributed by atoms with van der Waals surface area (Å²) in [5.74, 6) is 0.232. The molecule has 3 amide bonds. The van der Waals surface area contributed by atoms with Gasteiger partial charge in [-0.3, -0.25) is 19.3 Å². The van der Waals surface area contributed by atoms with Crippen LogP contribution in [0.2, 0.25) is 0 Å². The van der Waals surface area contributed by atoms with Crippen LogP contribution in [-0.2, 0) is 16.2 Å². The lowest BCUT2D eigenvalue weighted by Gasteiger charge is -2.27. The molecule has 37 heavy (non-hydrogen) atoms. The van der Waals surface area contributed by atoms with Gasteiger partial charge in [0.2, 0.25) is 5.91 Å². The Kier molecular flexibility index (Phi) is 8.90. The highest BCUT2D eigenvalue weighted by molar-refractivity contribution is 9.10. The summed E-state index contributed by atoms with van der Waals surface area (Å²) in [6.45, 7) is 3.49. The number of likely N-dealkylation sites (tertiary alicyclic amines) is 1. The summed E-state index contributed by atoms with van der Waals surface area (Å²) in [7, 11) is 0. The predicted molar refractivity (Wildman–Crippen MR) is 144 cm³/mol. The molecule has 2 saturated heterocycles. The number of thioether (sulfide) groups is 1. The summed E-state index contributed by atoms with van der Waals surface area (Å²) in [5, 5.41) is 8.87. The molecule has 8 nitrogen and oxygen atoms in total. The average molecular weight is 584 g/mol. The molecule has 0 radical (unpaired) electrons. The number of carbonyl (C=O) groups is 3. The Morgan fingerprint density at radius 1 is 1.16 bits per heavy atom. The van der Waals surface area contributed by atoms with Crippen LogP contribution in [0.15, 0.2) is 45.8 Å². The Bertz CT molecular complexity index is 1280. The van der Waals surface area contributed by atoms with E-state index in [0.717, 1.165) is 41.5 Å². The van der Waals surface area contributed by atoms with Gasteiger partial charge in [-0.1, -0.05) is 18.2 Å². The van der Waals surface area contributed by atoms with E-state index in [4.69, 9.17) is 9.47 Å². The molecule has 2 aromatic carbocycles. The van der Waals surface area contributed by atoms with E-state index in [9.17, 15) is 19.6 Å². The molecule has 10 heteroatoms. The number of benzene rings is 2. The van der Waals surface area contributed by atoms with Gasteiger partial charge < -0.3 is 14.4 Å². The number of nitrogens with zero attached hydrogens (tertiary/aromatic N) is 3. The highest BCUT2D eigenvalue weighted by Gasteiger charge is 2.37. The molecule has 0 unspecified atom stereocenters. The third-order valence-electron chi connectivity index (χ3n) is 6.02. The van der Waals surface area contributed by atoms with Crippen LogP contribution in [-0.4, -0.2) is 53.1 Å². The molecule has 2 aliphatic rings. The fourth-order valence-corrected chi connectivity index (χ4v) is 5.56. The fraction of sp³-hybridized carbons (Fsp3) is 0.333. The topological polar surface area (TPSA) is 99.9 Å². The second kappa shape index (κ2) is 12.3. The van der Waals surface area contributed by atoms with Gasteiger partial charge in [-0.2, -0.15) is 5.26 Å². The van der Waals surface area contributed by atoms with E-state index in [-0.39, 0.29) is 24.0 Å². The Labute approximate surface area is 228 Å². The van der Waals surface area contributed by atoms with E-state index < -0.39 is 11.1 Å². The summed E-state index contributed by atoms with van der Waals surface area (Å²) >= 11 is 4.34. The number of hydrogen-bond donors (Lipinski definition) is 0. The van der Waals surface area contributed by atoms with Crippen molar-refractivity contribution in [1.82, 2.24) is 9.80 Å². The molecule has 4 rings (SSSR count). The van der Waals surface area contributed by atoms with Crippen LogP contribution in [0.5, 0.6) is 11.5 Å². The highest BCUT2D eigenvalue weighted by atomic mass is 79.9. The number of imide groups is 1. The summed E-state index contributed by atoms with van der Waals surface area (Å²) in [5.41, 5.74) is 1.91. The van der Waals surface area contributed by atoms with Gasteiger partial charge in [0.25, 0.3) is 11.1 Å². The number of carbonyl (C=O) groups excluding carboxylic acids is 3. The maximum atomic E-state index is 13.0. The number of halogens is 1. The van der Waals surface area contributed by atoms with E-state index in [1.54, 1.807) is 35.2 Å². The molecule has 0 aliphatic carbocycles. The number of hydrogen-bond acceptors (Lipinski definition) is 7. The number of amides is 3. The Hall–Kier alpha value is -3.29. The van der Waals surface area contributed by atoms with E-state index in [2.05, 4.69) is 22.0 Å². The molecule has 2 aliphatic heterocycles. The van der Waals surface area contributed by atoms with Gasteiger partial charge in [-0.05, 0) is 83.7 Å². The third-order valence-corrected chi connectivity index (χ3v) is 7.51. The smallest absolute Gasteiger partial charge is 0.294 e. The number of rotatable bonds is 8. The number of ether oxygens (including phenoxy) is 2. The van der Waals surface area contributed by atoms with Crippen molar-refractivity contribution in [3.05, 3.63) is 62.5 Å². The van der Waals surface area contributed by atoms with E-state index in [1.807, 2.05) is 19.1 Å². The quantitative estimate of drug-likeness (QED) is 0.386. The van der Waals surface area contributed by atoms with Gasteiger partial charge in [0.05, 0.1) is 27.6 Å². The van der Waals surface area contributed by atoms with Gasteiger partial charge in [-0.25, -0.2) is 0 Å². The summed E-state index contributed by atoms with van der Waals surface area (Å²) in [6.07, 6.45) is 4.58. The number of nitriles is 1. The molecule has 0 N–H and O–H groups in total. The van der Waals surface area contributed by atoms with Crippen molar-refractivity contribution < 1.29 is 23.9 Å². The molecule has 0 atom stereocenters. The molecular formula is C27H26BrN3O5S. The van der Waals surface area contributed by atoms with Crippen molar-refractivity contribution in [1.29, 1.82) is 5.26 Å². The van der Waals surface area contributed by atoms with Crippen molar-refractivity contribution in [3.8, 4) is 17.6 Å². The van der Waals surface area contributed by atoms with Gasteiger partial charge >= 0.3 is 0 Å². The fourth-order valence-electron chi connectivity index (χ4n) is 4.15. The van der Waals surface area contributed by atoms with Crippen molar-refractivity contribution in [3.63, 3.8) is 0 Å². The molecular weight excluding hydrogens is 558 g/mol. The molecule has 0 spiro atoms. The largest absolute Gasteiger partial charge is 0.490 e. The van der Waals surface area contributed by atoms with Crippen LogP contribution in [0.3, 0.4) is 0 Å². The zero-order valence-electron chi connectivity index (χ0n) is 20.4. The lowest BCUT2D eigenvalue weighted by Crippen LogP contribution is -2.44. The molecule has 0 aromatic heterocycles. The SMILES string of the molecule is CCOc1cc(/C=C2\SC(=O)N(CC(=O)N3CCCCC3)C2=O)cc(Br)c1OCc1ccccc1C#N. The van der Waals surface area contributed by atoms with E-state index >= 15 is 0 Å². The van der Waals surface area contributed by atoms with Crippen LogP contribution < -0.4 is 9.47 Å². The molecule has 0 saturated carbocycles. The Balaban J connectivity index is 1.52. The van der Waals surface area contributed by atoms with Crippen molar-refractivity contribution >= 4 is 50.8 Å². The van der Waals surface area contributed by atoms with Crippen molar-refractivity contribution in [2.45, 2.75) is 32.8 Å². The molecule has 2 aromatic rings. The van der Waals surface area contributed by atoms with Gasteiger partial charge in [0.1, 0.15) is 13.2 Å². The lowest BCUT2D eigenvalue weighted by molar-refractivity contribution is -0.136. The van der Waals surface area contributed by atoms with Gasteiger partial charge in [-0.15, -0.1) is 0 Å². The van der Waals surface area contributed by atoms with Gasteiger partial charge in [0, 0.05) is 18.7 Å². The second-order valence-corrected chi connectivity index (χ2v) is 10.4. The van der Waals surface area contributed by atoms with Crippen molar-refractivity contribution in [2.75, 3.05) is 26.2 Å². The molecule has 192 valence electrons. The predicted octanol–water partition coefficient (Wildman–Crippen LogP) is 5.35. The first-order chi connectivity index (χ1) is 17.9. The van der Waals surface area contributed by atoms with E-state index in [0.29, 0.717) is 46.8 Å². The maximum absolute atomic E-state index is 13.0. The summed E-state index contributed by atoms with van der Waals surface area (Å²) < 4.78 is 12.4. The third kappa shape index (κ3) is 6.35. The van der Waals surface area contributed by atoms with Crippen LogP contribution in [0.4, 0.5) is 4.79 Å². The van der Waals surface area contributed by atoms with Crippen LogP contribution in [0.1, 0.15) is 42.9 Å². The minimum atomic E-state index is -0.483. The van der Waals surface area contributed by atoms with Crippen LogP contribution in [0.25, 0.3) is 6.08 Å². The summed E-state index contributed by atoms with van der Waals surface area (Å²) in [6, 6.07) is 12.8. The van der Waals surface area contributed by atoms with E-state index in [1.165, 1.54) is 0 Å². The maximum Gasteiger partial charge on any atom is 0.294 e. The normalized spacial score (nSPS) is 16.7. The van der Waals surface area contributed by atoms with Crippen molar-refractivity contribution in [2.24, 2.45) is 0 Å². The average Bonchev–Trinajstić information content (AvgIpc) is 3.16. The monoisotopic (exact) mass is 583 g/mol. The van der Waals surface area contributed by atoms with Crippen LogP contribution in [0, 0.1) is 11.3 Å². The second-order valence-electron chi connectivity index (χ2n) is 8.53. The Morgan fingerprint density at radius 3 is 2.65 bits per heavy atom. The van der Waals surface area contributed by atoms with Gasteiger partial charge in [0.15, 0.2) is 11.5 Å². The first kappa shape index (κ1) is 26.8. The molecule has 0 bridgehead atoms. The summed E-state index contributed by atoms with van der Waals surface area (Å²) in [4.78, 5) is 41.1. The minimum absolute atomic E-state index is 0.172. The Morgan fingerprint density at radius 2 is 1.92 bits per heavy atom. The molecule has 2 fully saturated rings. The zero-order chi connectivity index (χ0) is 26.4. The zero-order valence-corrected chi connectivity index (χ0v) is 22.8. The van der Waals surface area contributed by atoms with Crippen LogP contribution >= 0.6 is 27.7 Å². The highest BCUT2D eigenvalue weighted by Crippen LogP contribution is 2.40. The minimum Gasteiger partial charge on any atom is -0.490 e. The first-order valence-corrected chi connectivity index (χ1v) is 13.6. The number of piperidine rings is 1. The molecule has 2 heterocycles. The standard InChI is InChI=1S/C27H26BrN3O5S/c1-2-35-22-13-18(12-21(28)25(22)36-17-20-9-5-4-8-19(20)15-29)14-23-26(33)31(27(34)37-23)16-24(32)30-10-6-3-7-11-30/h4-5,8-9,12-14H,2-3,6-7,10-11,16-17H2,1H3/b23-14-.